The Balaban J connectivity index is 1.23. The van der Waals surface area contributed by atoms with E-state index in [1.807, 2.05) is 25.1 Å². The Kier molecular flexibility index (Phi) is 8.09. The lowest BCUT2D eigenvalue weighted by molar-refractivity contribution is -0.126. The first-order valence-corrected chi connectivity index (χ1v) is 16.6. The number of halogens is 2. The molecule has 1 saturated carbocycles. The maximum Gasteiger partial charge on any atom is 0.227 e. The molecule has 4 aliphatic rings. The molecular weight excluding hydrogens is 611 g/mol. The van der Waals surface area contributed by atoms with Gasteiger partial charge < -0.3 is 19.9 Å². The number of ketones is 1. The molecule has 2 aliphatic heterocycles. The number of nitrogens with zero attached hydrogens (tertiary/aromatic N) is 1. The topological polar surface area (TPSA) is 88.1 Å². The summed E-state index contributed by atoms with van der Waals surface area (Å²) in [4.78, 5) is 29.4. The van der Waals surface area contributed by atoms with Crippen LogP contribution in [0.4, 0.5) is 0 Å². The van der Waals surface area contributed by atoms with E-state index in [9.17, 15) is 14.7 Å². The van der Waals surface area contributed by atoms with Crippen molar-refractivity contribution in [3.8, 4) is 11.5 Å². The van der Waals surface area contributed by atoms with Gasteiger partial charge in [0.05, 0.1) is 27.6 Å². The molecule has 2 aliphatic carbocycles. The molecule has 45 heavy (non-hydrogen) atoms. The van der Waals surface area contributed by atoms with Gasteiger partial charge in [0.15, 0.2) is 17.3 Å². The second kappa shape index (κ2) is 11.9. The van der Waals surface area contributed by atoms with E-state index in [1.54, 1.807) is 12.1 Å². The molecule has 3 aromatic carbocycles. The lowest BCUT2D eigenvalue weighted by Gasteiger charge is -2.59. The van der Waals surface area contributed by atoms with Crippen LogP contribution in [-0.4, -0.2) is 66.7 Å². The summed E-state index contributed by atoms with van der Waals surface area (Å²) in [6.07, 6.45) is 3.95. The Morgan fingerprint density at radius 2 is 1.93 bits per heavy atom. The van der Waals surface area contributed by atoms with Crippen molar-refractivity contribution in [2.24, 2.45) is 5.92 Å². The molecular formula is C36H38Cl2N2O5. The smallest absolute Gasteiger partial charge is 0.227 e. The van der Waals surface area contributed by atoms with Crippen LogP contribution < -0.4 is 10.1 Å². The lowest BCUT2D eigenvalue weighted by Crippen LogP contribution is -2.69. The molecule has 2 bridgehead atoms. The molecule has 3 unspecified atom stereocenters. The minimum Gasteiger partial charge on any atom is -0.504 e. The van der Waals surface area contributed by atoms with Gasteiger partial charge in [-0.1, -0.05) is 59.6 Å². The second-order valence-corrected chi connectivity index (χ2v) is 13.9. The molecule has 1 amide bonds. The maximum absolute atomic E-state index is 13.7. The predicted octanol–water partition coefficient (Wildman–Crippen LogP) is 6.10. The van der Waals surface area contributed by atoms with Crippen LogP contribution in [0.3, 0.4) is 0 Å². The van der Waals surface area contributed by atoms with Gasteiger partial charge in [-0.15, -0.1) is 0 Å². The van der Waals surface area contributed by atoms with Crippen molar-refractivity contribution < 1.29 is 24.2 Å². The molecule has 7 nitrogen and oxygen atoms in total. The van der Waals surface area contributed by atoms with Gasteiger partial charge in [0.1, 0.15) is 12.7 Å². The zero-order valence-corrected chi connectivity index (χ0v) is 27.0. The van der Waals surface area contributed by atoms with Crippen LogP contribution in [0, 0.1) is 5.92 Å². The van der Waals surface area contributed by atoms with Crippen LogP contribution in [0.15, 0.2) is 54.6 Å². The van der Waals surface area contributed by atoms with Crippen molar-refractivity contribution in [2.75, 3.05) is 26.8 Å². The summed E-state index contributed by atoms with van der Waals surface area (Å²) in [5.41, 5.74) is 4.08. The number of methoxy groups -OCH3 is 1. The summed E-state index contributed by atoms with van der Waals surface area (Å²) < 4.78 is 11.9. The first-order chi connectivity index (χ1) is 21.7. The second-order valence-electron chi connectivity index (χ2n) is 13.1. The summed E-state index contributed by atoms with van der Waals surface area (Å²) in [7, 11) is 1.47. The number of carbonyl (C=O) groups is 2. The molecule has 2 fully saturated rings. The fourth-order valence-corrected chi connectivity index (χ4v) is 9.01. The number of amides is 1. The number of hydrogen-bond acceptors (Lipinski definition) is 6. The van der Waals surface area contributed by atoms with E-state index < -0.39 is 5.92 Å². The average molecular weight is 650 g/mol. The van der Waals surface area contributed by atoms with Crippen LogP contribution >= 0.6 is 23.2 Å². The van der Waals surface area contributed by atoms with Gasteiger partial charge in [-0.25, -0.2) is 0 Å². The zero-order valence-electron chi connectivity index (χ0n) is 25.5. The highest BCUT2D eigenvalue weighted by Gasteiger charge is 2.66. The van der Waals surface area contributed by atoms with Gasteiger partial charge in [-0.3, -0.25) is 14.5 Å². The third kappa shape index (κ3) is 5.03. The van der Waals surface area contributed by atoms with Crippen molar-refractivity contribution in [2.45, 2.75) is 68.5 Å². The molecule has 9 heteroatoms. The quantitative estimate of drug-likeness (QED) is 0.273. The van der Waals surface area contributed by atoms with Crippen LogP contribution in [0.1, 0.15) is 64.7 Å². The summed E-state index contributed by atoms with van der Waals surface area (Å²) in [6, 6.07) is 17.7. The van der Waals surface area contributed by atoms with E-state index in [0.717, 1.165) is 61.9 Å². The van der Waals surface area contributed by atoms with E-state index >= 15 is 0 Å². The van der Waals surface area contributed by atoms with E-state index in [2.05, 4.69) is 34.5 Å². The first kappa shape index (κ1) is 30.5. The number of ether oxygens (including phenoxy) is 2. The number of phenols is 1. The Labute approximate surface area is 273 Å². The summed E-state index contributed by atoms with van der Waals surface area (Å²) in [6.45, 7) is 3.59. The highest BCUT2D eigenvalue weighted by molar-refractivity contribution is 6.42. The summed E-state index contributed by atoms with van der Waals surface area (Å²) in [5, 5.41) is 15.7. The van der Waals surface area contributed by atoms with Gasteiger partial charge in [0.25, 0.3) is 0 Å². The Bertz CT molecular complexity index is 1650. The van der Waals surface area contributed by atoms with Gasteiger partial charge in [0.2, 0.25) is 5.91 Å². The molecule has 3 aromatic rings. The number of likely N-dealkylation sites (tertiary alicyclic amines) is 1. The third-order valence-electron chi connectivity index (χ3n) is 10.8. The fourth-order valence-electron chi connectivity index (χ4n) is 8.71. The van der Waals surface area contributed by atoms with Crippen LogP contribution in [0.2, 0.25) is 10.0 Å². The molecule has 1 spiro atoms. The number of rotatable bonds is 9. The molecule has 6 atom stereocenters. The largest absolute Gasteiger partial charge is 0.504 e. The number of Topliss-reactive ketones (excluding diaryl/α,β-unsaturated/α-hetero) is 1. The van der Waals surface area contributed by atoms with E-state index in [1.165, 1.54) is 12.7 Å². The SMILES string of the molecule is COCC(=O)c1cc2c3c(c1O)OC1C(NC(=O)C(C)c4ccc(Cl)c(Cl)c4)CC[C@H]4[C@@H](C2)N(CCc2ccccc2)CC[C@]314. The van der Waals surface area contributed by atoms with Crippen molar-refractivity contribution in [1.82, 2.24) is 10.2 Å². The van der Waals surface area contributed by atoms with Gasteiger partial charge in [-0.2, -0.15) is 0 Å². The number of piperidine rings is 1. The highest BCUT2D eigenvalue weighted by Crippen LogP contribution is 2.64. The molecule has 7 rings (SSSR count). The van der Waals surface area contributed by atoms with Crippen molar-refractivity contribution in [3.05, 3.63) is 92.5 Å². The van der Waals surface area contributed by atoms with Crippen molar-refractivity contribution in [1.29, 1.82) is 0 Å². The monoisotopic (exact) mass is 648 g/mol. The van der Waals surface area contributed by atoms with Crippen LogP contribution in [0.25, 0.3) is 0 Å². The average Bonchev–Trinajstić information content (AvgIpc) is 3.39. The Hall–Kier alpha value is -3.10. The minimum atomic E-state index is -0.445. The molecule has 0 radical (unpaired) electrons. The van der Waals surface area contributed by atoms with Crippen LogP contribution in [-0.2, 0) is 27.8 Å². The van der Waals surface area contributed by atoms with E-state index in [-0.39, 0.29) is 53.2 Å². The number of nitrogens with one attached hydrogen (secondary N) is 1. The van der Waals surface area contributed by atoms with E-state index in [0.29, 0.717) is 21.7 Å². The standard InChI is InChI=1S/C36H38Cl2N2O5/c1-20(22-8-10-26(37)27(38)17-22)35(43)39-28-11-9-25-29-18-23-16-24(30(41)19-44-2)32(42)33-31(23)36(25,34(28)45-33)13-15-40(29)14-12-21-6-4-3-5-7-21/h3-8,10,16-17,20,25,28-29,34,42H,9,11-15,18-19H2,1-2H3,(H,39,43)/t20?,25-,28?,29+,34?,36-/m0/s1. The third-order valence-corrected chi connectivity index (χ3v) is 11.6. The Morgan fingerprint density at radius 1 is 1.13 bits per heavy atom. The predicted molar refractivity (Wildman–Crippen MR) is 174 cm³/mol. The number of aromatic hydroxyl groups is 1. The van der Waals surface area contributed by atoms with Gasteiger partial charge >= 0.3 is 0 Å². The number of benzene rings is 3. The van der Waals surface area contributed by atoms with Crippen molar-refractivity contribution in [3.63, 3.8) is 0 Å². The minimum absolute atomic E-state index is 0.110. The molecule has 236 valence electrons. The first-order valence-electron chi connectivity index (χ1n) is 15.8. The maximum atomic E-state index is 13.7. The van der Waals surface area contributed by atoms with E-state index in [4.69, 9.17) is 32.7 Å². The molecule has 2 N–H and O–H groups in total. The van der Waals surface area contributed by atoms with Gasteiger partial charge in [0, 0.05) is 30.7 Å². The number of hydrogen-bond donors (Lipinski definition) is 2. The number of carbonyl (C=O) groups excluding carboxylic acids is 2. The number of phenolic OH excluding ortho intramolecular Hbond substituents is 1. The molecule has 1 saturated heterocycles. The van der Waals surface area contributed by atoms with Crippen molar-refractivity contribution >= 4 is 34.9 Å². The Morgan fingerprint density at radius 3 is 2.69 bits per heavy atom. The van der Waals surface area contributed by atoms with Gasteiger partial charge in [-0.05, 0) is 86.4 Å². The highest BCUT2D eigenvalue weighted by atomic mass is 35.5. The fraction of sp³-hybridized carbons (Fsp3) is 0.444. The summed E-state index contributed by atoms with van der Waals surface area (Å²) in [5.74, 6) is -0.227. The van der Waals surface area contributed by atoms with Crippen LogP contribution in [0.5, 0.6) is 11.5 Å². The molecule has 2 heterocycles. The summed E-state index contributed by atoms with van der Waals surface area (Å²) >= 11 is 12.4. The zero-order chi connectivity index (χ0) is 31.5. The molecule has 0 aromatic heterocycles. The normalized spacial score (nSPS) is 26.9. The lowest BCUT2D eigenvalue weighted by atomic mass is 9.51.